The molecule has 1 aromatic carbocycles. The molecule has 0 aromatic heterocycles. The van der Waals surface area contributed by atoms with Gasteiger partial charge in [-0.2, -0.15) is 0 Å². The average Bonchev–Trinajstić information content (AvgIpc) is 3.04. The first kappa shape index (κ1) is 18.4. The summed E-state index contributed by atoms with van der Waals surface area (Å²) in [4.78, 5) is 40.4. The quantitative estimate of drug-likeness (QED) is 0.887. The number of amides is 3. The first-order chi connectivity index (χ1) is 12.5. The predicted molar refractivity (Wildman–Crippen MR) is 94.9 cm³/mol. The van der Waals surface area contributed by atoms with E-state index in [0.717, 1.165) is 32.4 Å². The Hall–Kier alpha value is -2.44. The van der Waals surface area contributed by atoms with Gasteiger partial charge in [0.2, 0.25) is 17.7 Å². The molecule has 2 atom stereocenters. The van der Waals surface area contributed by atoms with Gasteiger partial charge in [0.15, 0.2) is 0 Å². The van der Waals surface area contributed by atoms with Gasteiger partial charge in [-0.05, 0) is 50.5 Å². The van der Waals surface area contributed by atoms with Gasteiger partial charge in [-0.3, -0.25) is 14.4 Å². The topological polar surface area (TPSA) is 69.7 Å². The van der Waals surface area contributed by atoms with Gasteiger partial charge in [0.1, 0.15) is 11.9 Å². The molecule has 0 saturated carbocycles. The third kappa shape index (κ3) is 4.03. The largest absolute Gasteiger partial charge is 0.344 e. The van der Waals surface area contributed by atoms with Gasteiger partial charge in [-0.25, -0.2) is 4.39 Å². The second-order valence-corrected chi connectivity index (χ2v) is 7.00. The number of carbonyl (C=O) groups excluding carboxylic acids is 3. The summed E-state index contributed by atoms with van der Waals surface area (Å²) in [6.07, 6.45) is 3.22. The normalized spacial score (nSPS) is 21.6. The SMILES string of the molecule is C[C@H](NC(=O)[C@@H]1CC(=O)N(c2ccc(F)cc2)C1)C(=O)N1CCCCC1. The number of carbonyl (C=O) groups is 3. The molecule has 0 radical (unpaired) electrons. The number of hydrogen-bond donors (Lipinski definition) is 1. The summed E-state index contributed by atoms with van der Waals surface area (Å²) in [7, 11) is 0. The fourth-order valence-corrected chi connectivity index (χ4v) is 3.53. The maximum Gasteiger partial charge on any atom is 0.244 e. The van der Waals surface area contributed by atoms with Crippen LogP contribution in [0.5, 0.6) is 0 Å². The first-order valence-electron chi connectivity index (χ1n) is 9.11. The van der Waals surface area contributed by atoms with Crippen LogP contribution in [0.1, 0.15) is 32.6 Å². The molecule has 1 N–H and O–H groups in total. The van der Waals surface area contributed by atoms with Crippen molar-refractivity contribution in [2.24, 2.45) is 5.92 Å². The predicted octanol–water partition coefficient (Wildman–Crippen LogP) is 1.70. The van der Waals surface area contributed by atoms with Crippen LogP contribution in [-0.2, 0) is 14.4 Å². The van der Waals surface area contributed by atoms with Gasteiger partial charge < -0.3 is 15.1 Å². The van der Waals surface area contributed by atoms with Crippen molar-refractivity contribution < 1.29 is 18.8 Å². The highest BCUT2D eigenvalue weighted by atomic mass is 19.1. The lowest BCUT2D eigenvalue weighted by Crippen LogP contribution is -2.50. The lowest BCUT2D eigenvalue weighted by atomic mass is 10.1. The van der Waals surface area contributed by atoms with Crippen molar-refractivity contribution in [3.05, 3.63) is 30.1 Å². The zero-order valence-electron chi connectivity index (χ0n) is 14.9. The second kappa shape index (κ2) is 7.85. The zero-order chi connectivity index (χ0) is 18.7. The molecule has 2 saturated heterocycles. The summed E-state index contributed by atoms with van der Waals surface area (Å²) >= 11 is 0. The van der Waals surface area contributed by atoms with Crippen LogP contribution in [0.2, 0.25) is 0 Å². The van der Waals surface area contributed by atoms with Crippen molar-refractivity contribution in [2.45, 2.75) is 38.6 Å². The lowest BCUT2D eigenvalue weighted by Gasteiger charge is -2.29. The Balaban J connectivity index is 1.57. The summed E-state index contributed by atoms with van der Waals surface area (Å²) in [5, 5.41) is 2.75. The molecule has 2 heterocycles. The maximum absolute atomic E-state index is 13.0. The fourth-order valence-electron chi connectivity index (χ4n) is 3.53. The van der Waals surface area contributed by atoms with Crippen molar-refractivity contribution in [3.8, 4) is 0 Å². The smallest absolute Gasteiger partial charge is 0.244 e. The third-order valence-corrected chi connectivity index (χ3v) is 5.03. The van der Waals surface area contributed by atoms with E-state index < -0.39 is 12.0 Å². The minimum Gasteiger partial charge on any atom is -0.344 e. The van der Waals surface area contributed by atoms with Gasteiger partial charge in [-0.1, -0.05) is 0 Å². The maximum atomic E-state index is 13.0. The highest BCUT2D eigenvalue weighted by Crippen LogP contribution is 2.25. The van der Waals surface area contributed by atoms with Crippen LogP contribution in [0.25, 0.3) is 0 Å². The van der Waals surface area contributed by atoms with Gasteiger partial charge in [0, 0.05) is 31.7 Å². The summed E-state index contributed by atoms with van der Waals surface area (Å²) in [5.74, 6) is -1.42. The Morgan fingerprint density at radius 2 is 1.81 bits per heavy atom. The average molecular weight is 361 g/mol. The van der Waals surface area contributed by atoms with Crippen molar-refractivity contribution >= 4 is 23.4 Å². The van der Waals surface area contributed by atoms with Crippen LogP contribution in [0.3, 0.4) is 0 Å². The van der Waals surface area contributed by atoms with E-state index in [0.29, 0.717) is 5.69 Å². The highest BCUT2D eigenvalue weighted by molar-refractivity contribution is 6.01. The molecular formula is C19H24FN3O3. The van der Waals surface area contributed by atoms with Crippen molar-refractivity contribution in [1.29, 1.82) is 0 Å². The number of likely N-dealkylation sites (tertiary alicyclic amines) is 1. The number of piperidine rings is 1. The van der Waals surface area contributed by atoms with Crippen LogP contribution in [-0.4, -0.2) is 48.3 Å². The first-order valence-corrected chi connectivity index (χ1v) is 9.11. The standard InChI is InChI=1S/C19H24FN3O3/c1-13(19(26)22-9-3-2-4-10-22)21-18(25)14-11-17(24)23(12-14)16-7-5-15(20)6-8-16/h5-8,13-14H,2-4,9-12H2,1H3,(H,21,25)/t13-,14+/m0/s1. The molecule has 1 aromatic rings. The molecule has 2 fully saturated rings. The number of rotatable bonds is 4. The Kier molecular flexibility index (Phi) is 5.54. The number of benzene rings is 1. The third-order valence-electron chi connectivity index (χ3n) is 5.03. The Morgan fingerprint density at radius 3 is 2.46 bits per heavy atom. The molecule has 3 amide bonds. The van der Waals surface area contributed by atoms with Gasteiger partial charge in [0.05, 0.1) is 5.92 Å². The van der Waals surface area contributed by atoms with Crippen molar-refractivity contribution in [1.82, 2.24) is 10.2 Å². The second-order valence-electron chi connectivity index (χ2n) is 7.00. The van der Waals surface area contributed by atoms with Crippen LogP contribution in [0, 0.1) is 11.7 Å². The molecule has 2 aliphatic heterocycles. The van der Waals surface area contributed by atoms with E-state index in [1.807, 2.05) is 0 Å². The molecule has 0 unspecified atom stereocenters. The van der Waals surface area contributed by atoms with Crippen molar-refractivity contribution in [3.63, 3.8) is 0 Å². The van der Waals surface area contributed by atoms with Crippen LogP contribution < -0.4 is 10.2 Å². The molecule has 140 valence electrons. The van der Waals surface area contributed by atoms with Gasteiger partial charge in [-0.15, -0.1) is 0 Å². The Morgan fingerprint density at radius 1 is 1.15 bits per heavy atom. The Bertz CT molecular complexity index is 686. The van der Waals surface area contributed by atoms with E-state index >= 15 is 0 Å². The molecule has 6 nitrogen and oxygen atoms in total. The van der Waals surface area contributed by atoms with E-state index in [1.165, 1.54) is 29.2 Å². The molecule has 0 spiro atoms. The molecule has 26 heavy (non-hydrogen) atoms. The zero-order valence-corrected chi connectivity index (χ0v) is 14.9. The summed E-state index contributed by atoms with van der Waals surface area (Å²) in [6.45, 7) is 3.39. The molecular weight excluding hydrogens is 337 g/mol. The van der Waals surface area contributed by atoms with Crippen LogP contribution in [0.15, 0.2) is 24.3 Å². The monoisotopic (exact) mass is 361 g/mol. The number of nitrogens with one attached hydrogen (secondary N) is 1. The van der Waals surface area contributed by atoms with Crippen LogP contribution >= 0.6 is 0 Å². The van der Waals surface area contributed by atoms with Crippen molar-refractivity contribution in [2.75, 3.05) is 24.5 Å². The van der Waals surface area contributed by atoms with E-state index in [2.05, 4.69) is 5.32 Å². The van der Waals surface area contributed by atoms with E-state index in [-0.39, 0.29) is 36.5 Å². The molecule has 0 bridgehead atoms. The number of hydrogen-bond acceptors (Lipinski definition) is 3. The number of halogens is 1. The van der Waals surface area contributed by atoms with E-state index in [4.69, 9.17) is 0 Å². The Labute approximate surface area is 152 Å². The van der Waals surface area contributed by atoms with E-state index in [9.17, 15) is 18.8 Å². The van der Waals surface area contributed by atoms with Gasteiger partial charge in [0.25, 0.3) is 0 Å². The summed E-state index contributed by atoms with van der Waals surface area (Å²) in [5.41, 5.74) is 0.573. The number of anilines is 1. The minimum absolute atomic E-state index is 0.0715. The molecule has 3 rings (SSSR count). The molecule has 2 aliphatic rings. The van der Waals surface area contributed by atoms with E-state index in [1.54, 1.807) is 11.8 Å². The summed E-state index contributed by atoms with van der Waals surface area (Å²) in [6, 6.07) is 5.02. The fraction of sp³-hybridized carbons (Fsp3) is 0.526. The van der Waals surface area contributed by atoms with Crippen LogP contribution in [0.4, 0.5) is 10.1 Å². The number of nitrogens with zero attached hydrogens (tertiary/aromatic N) is 2. The molecule has 7 heteroatoms. The highest BCUT2D eigenvalue weighted by Gasteiger charge is 2.36. The summed E-state index contributed by atoms with van der Waals surface area (Å²) < 4.78 is 13.0. The minimum atomic E-state index is -0.601. The molecule has 0 aliphatic carbocycles. The lowest BCUT2D eigenvalue weighted by molar-refractivity contribution is -0.137. The van der Waals surface area contributed by atoms with Gasteiger partial charge >= 0.3 is 0 Å².